The number of aliphatic hydroxyl groups excluding tert-OH is 2. The molecule has 0 spiro atoms. The van der Waals surface area contributed by atoms with E-state index in [0.29, 0.717) is 4.44 Å². The first-order valence-electron chi connectivity index (χ1n) is 9.12. The van der Waals surface area contributed by atoms with Gasteiger partial charge in [0.1, 0.15) is 0 Å². The number of carbonyl (C=O) groups excluding carboxylic acids is 1. The van der Waals surface area contributed by atoms with Gasteiger partial charge in [-0.2, -0.15) is 0 Å². The van der Waals surface area contributed by atoms with Crippen molar-refractivity contribution >= 4 is 33.5 Å². The molecule has 1 fully saturated rings. The van der Waals surface area contributed by atoms with Crippen molar-refractivity contribution in [1.82, 2.24) is 0 Å². The van der Waals surface area contributed by atoms with Gasteiger partial charge in [0.05, 0.1) is 0 Å². The number of aliphatic hydroxyl groups is 2. The van der Waals surface area contributed by atoms with E-state index in [1.54, 1.807) is 0 Å². The summed E-state index contributed by atoms with van der Waals surface area (Å²) in [6, 6.07) is 10.4. The standard InChI is InChI=1S/C20H32O4SeSi/c1-19(2,3)24-17(23)15-16(20(15,12-21)13-22)18(26(4,5)6)25-14-10-8-7-9-11-14/h7-11,15-16,18,21-22H,12-13H2,1-6H3/t15-,16+,18+/m0/s1. The molecule has 26 heavy (non-hydrogen) atoms. The number of hydrogen-bond acceptors (Lipinski definition) is 4. The van der Waals surface area contributed by atoms with Crippen LogP contribution in [-0.2, 0) is 9.53 Å². The fourth-order valence-corrected chi connectivity index (χ4v) is 11.0. The van der Waals surface area contributed by atoms with Crippen molar-refractivity contribution in [2.75, 3.05) is 13.2 Å². The third-order valence-corrected chi connectivity index (χ3v) is 14.4. The summed E-state index contributed by atoms with van der Waals surface area (Å²) >= 11 is 0.183. The van der Waals surface area contributed by atoms with E-state index in [0.717, 1.165) is 0 Å². The van der Waals surface area contributed by atoms with Crippen LogP contribution in [0.5, 0.6) is 0 Å². The number of rotatable bonds is 7. The van der Waals surface area contributed by atoms with E-state index in [9.17, 15) is 15.0 Å². The molecule has 0 unspecified atom stereocenters. The number of hydrogen-bond donors (Lipinski definition) is 2. The second-order valence-electron chi connectivity index (χ2n) is 9.30. The van der Waals surface area contributed by atoms with Gasteiger partial charge in [0, 0.05) is 0 Å². The first kappa shape index (κ1) is 21.6. The van der Waals surface area contributed by atoms with Crippen molar-refractivity contribution in [2.24, 2.45) is 17.3 Å². The van der Waals surface area contributed by atoms with Gasteiger partial charge < -0.3 is 0 Å². The summed E-state index contributed by atoms with van der Waals surface area (Å²) in [5.41, 5.74) is -1.32. The second kappa shape index (κ2) is 7.76. The molecule has 0 radical (unpaired) electrons. The van der Waals surface area contributed by atoms with Gasteiger partial charge in [-0.1, -0.05) is 0 Å². The molecule has 2 N–H and O–H groups in total. The van der Waals surface area contributed by atoms with E-state index < -0.39 is 25.0 Å². The Labute approximate surface area is 164 Å². The SMILES string of the molecule is CC(C)(C)OC(=O)[C@@H]1[C@H]([C@H]([Se]c2ccccc2)[Si](C)(C)C)C1(CO)CO. The van der Waals surface area contributed by atoms with Gasteiger partial charge in [0.2, 0.25) is 0 Å². The Morgan fingerprint density at radius 2 is 1.73 bits per heavy atom. The first-order valence-corrected chi connectivity index (χ1v) is 14.5. The number of esters is 1. The van der Waals surface area contributed by atoms with Crippen LogP contribution in [0.4, 0.5) is 0 Å². The van der Waals surface area contributed by atoms with Gasteiger partial charge in [-0.3, -0.25) is 0 Å². The average molecular weight is 444 g/mol. The topological polar surface area (TPSA) is 66.8 Å². The molecule has 1 aliphatic rings. The molecular weight excluding hydrogens is 411 g/mol. The van der Waals surface area contributed by atoms with Crippen LogP contribution in [0, 0.1) is 17.3 Å². The molecule has 1 aromatic rings. The van der Waals surface area contributed by atoms with E-state index in [1.165, 1.54) is 4.46 Å². The molecule has 0 aromatic heterocycles. The monoisotopic (exact) mass is 444 g/mol. The average Bonchev–Trinajstić information content (AvgIpc) is 3.20. The zero-order valence-electron chi connectivity index (χ0n) is 16.7. The molecular formula is C20H32O4SeSi. The van der Waals surface area contributed by atoms with E-state index in [-0.39, 0.29) is 40.1 Å². The van der Waals surface area contributed by atoms with Crippen molar-refractivity contribution < 1.29 is 19.7 Å². The quantitative estimate of drug-likeness (QED) is 0.501. The summed E-state index contributed by atoms with van der Waals surface area (Å²) in [6.45, 7) is 12.1. The Morgan fingerprint density at radius 3 is 2.15 bits per heavy atom. The number of ether oxygens (including phenoxy) is 1. The maximum atomic E-state index is 12.8. The summed E-state index contributed by atoms with van der Waals surface area (Å²) < 4.78 is 7.27. The molecule has 1 saturated carbocycles. The molecule has 6 heteroatoms. The molecule has 1 aliphatic carbocycles. The van der Waals surface area contributed by atoms with E-state index >= 15 is 0 Å². The molecule has 146 valence electrons. The molecule has 0 aliphatic heterocycles. The van der Waals surface area contributed by atoms with Crippen LogP contribution in [0.1, 0.15) is 20.8 Å². The zero-order chi connectivity index (χ0) is 19.8. The first-order chi connectivity index (χ1) is 12.0. The summed E-state index contributed by atoms with van der Waals surface area (Å²) in [5, 5.41) is 20.2. The van der Waals surface area contributed by atoms with E-state index in [2.05, 4.69) is 31.8 Å². The molecule has 3 atom stereocenters. The molecule has 4 nitrogen and oxygen atoms in total. The van der Waals surface area contributed by atoms with Crippen LogP contribution < -0.4 is 4.46 Å². The van der Waals surface area contributed by atoms with E-state index in [1.807, 2.05) is 39.0 Å². The van der Waals surface area contributed by atoms with Crippen LogP contribution in [0.3, 0.4) is 0 Å². The van der Waals surface area contributed by atoms with Gasteiger partial charge in [-0.25, -0.2) is 0 Å². The Kier molecular flexibility index (Phi) is 6.46. The second-order valence-corrected chi connectivity index (χ2v) is 18.1. The molecule has 2 rings (SSSR count). The predicted octanol–water partition coefficient (Wildman–Crippen LogP) is 2.24. The Morgan fingerprint density at radius 1 is 1.19 bits per heavy atom. The van der Waals surface area contributed by atoms with Crippen molar-refractivity contribution in [3.63, 3.8) is 0 Å². The zero-order valence-corrected chi connectivity index (χ0v) is 19.4. The van der Waals surface area contributed by atoms with Crippen molar-refractivity contribution in [3.05, 3.63) is 30.3 Å². The van der Waals surface area contributed by atoms with Gasteiger partial charge in [-0.05, 0) is 0 Å². The van der Waals surface area contributed by atoms with Gasteiger partial charge in [0.25, 0.3) is 0 Å². The maximum absolute atomic E-state index is 12.8. The van der Waals surface area contributed by atoms with Gasteiger partial charge in [0.15, 0.2) is 0 Å². The number of carbonyl (C=O) groups is 1. The molecule has 1 aromatic carbocycles. The van der Waals surface area contributed by atoms with Gasteiger partial charge >= 0.3 is 164 Å². The molecule has 0 saturated heterocycles. The Hall–Kier alpha value is -0.654. The van der Waals surface area contributed by atoms with Crippen LogP contribution in [0.15, 0.2) is 30.3 Å². The molecule has 0 amide bonds. The fourth-order valence-electron chi connectivity index (χ4n) is 3.64. The minimum absolute atomic E-state index is 0.0146. The normalized spacial score (nSPS) is 23.4. The summed E-state index contributed by atoms with van der Waals surface area (Å²) in [5.74, 6) is -0.712. The van der Waals surface area contributed by atoms with Crippen molar-refractivity contribution in [1.29, 1.82) is 0 Å². The van der Waals surface area contributed by atoms with E-state index in [4.69, 9.17) is 4.74 Å². The summed E-state index contributed by atoms with van der Waals surface area (Å²) in [4.78, 5) is 12.8. The third-order valence-electron chi connectivity index (χ3n) is 4.97. The summed E-state index contributed by atoms with van der Waals surface area (Å²) in [6.07, 6.45) is 0. The van der Waals surface area contributed by atoms with Crippen LogP contribution in [0.2, 0.25) is 24.1 Å². The van der Waals surface area contributed by atoms with Crippen molar-refractivity contribution in [2.45, 2.75) is 50.5 Å². The summed E-state index contributed by atoms with van der Waals surface area (Å²) in [7, 11) is -1.64. The predicted molar refractivity (Wildman–Crippen MR) is 108 cm³/mol. The molecule has 0 bridgehead atoms. The fraction of sp³-hybridized carbons (Fsp3) is 0.650. The minimum atomic E-state index is -1.64. The van der Waals surface area contributed by atoms with Crippen LogP contribution >= 0.6 is 0 Å². The van der Waals surface area contributed by atoms with Gasteiger partial charge in [-0.15, -0.1) is 0 Å². The Bertz CT molecular complexity index is 617. The Balaban J connectivity index is 2.34. The third kappa shape index (κ3) is 4.60. The number of benzene rings is 1. The van der Waals surface area contributed by atoms with Crippen LogP contribution in [-0.4, -0.2) is 58.0 Å². The van der Waals surface area contributed by atoms with Crippen LogP contribution in [0.25, 0.3) is 0 Å². The van der Waals surface area contributed by atoms with Crippen molar-refractivity contribution in [3.8, 4) is 0 Å². The molecule has 0 heterocycles.